The quantitative estimate of drug-likeness (QED) is 0.804. The molecule has 0 aliphatic heterocycles. The van der Waals surface area contributed by atoms with Gasteiger partial charge in [0.1, 0.15) is 0 Å². The van der Waals surface area contributed by atoms with Crippen molar-refractivity contribution in [3.8, 4) is 0 Å². The summed E-state index contributed by atoms with van der Waals surface area (Å²) in [5.74, 6) is 0.859. The molecular weight excluding hydrogens is 270 g/mol. The first-order valence-corrected chi connectivity index (χ1v) is 8.40. The predicted molar refractivity (Wildman–Crippen MR) is 89.2 cm³/mol. The molecule has 0 amide bonds. The van der Waals surface area contributed by atoms with Gasteiger partial charge in [-0.1, -0.05) is 19.3 Å². The minimum Gasteiger partial charge on any atom is -0.295 e. The monoisotopic (exact) mass is 295 g/mol. The molecule has 3 rings (SSSR count). The first-order chi connectivity index (χ1) is 10.9. The average molecular weight is 295 g/mol. The maximum Gasteiger partial charge on any atom is 0.0271 e. The Labute approximate surface area is 133 Å². The fraction of sp³-hybridized carbons (Fsp3) is 0.474. The highest BCUT2D eigenvalue weighted by Crippen LogP contribution is 2.25. The second kappa shape index (κ2) is 8.04. The van der Waals surface area contributed by atoms with Crippen LogP contribution in [-0.2, 0) is 13.1 Å². The van der Waals surface area contributed by atoms with Crippen molar-refractivity contribution >= 4 is 0 Å². The highest BCUT2D eigenvalue weighted by atomic mass is 15.1. The molecule has 1 fully saturated rings. The van der Waals surface area contributed by atoms with Crippen molar-refractivity contribution in [1.82, 2.24) is 14.9 Å². The Kier molecular flexibility index (Phi) is 5.54. The van der Waals surface area contributed by atoms with E-state index in [-0.39, 0.29) is 0 Å². The highest BCUT2D eigenvalue weighted by molar-refractivity contribution is 5.12. The molecule has 0 bridgehead atoms. The molecule has 22 heavy (non-hydrogen) atoms. The van der Waals surface area contributed by atoms with Gasteiger partial charge in [-0.15, -0.1) is 0 Å². The zero-order chi connectivity index (χ0) is 15.0. The molecule has 0 radical (unpaired) electrons. The maximum atomic E-state index is 4.13. The summed E-state index contributed by atoms with van der Waals surface area (Å²) in [6.45, 7) is 3.20. The summed E-state index contributed by atoms with van der Waals surface area (Å²) in [7, 11) is 0. The Balaban J connectivity index is 1.66. The van der Waals surface area contributed by atoms with Gasteiger partial charge in [0.25, 0.3) is 0 Å². The summed E-state index contributed by atoms with van der Waals surface area (Å²) in [6, 6.07) is 8.50. The number of nitrogens with zero attached hydrogens (tertiary/aromatic N) is 3. The van der Waals surface area contributed by atoms with Crippen molar-refractivity contribution in [1.29, 1.82) is 0 Å². The number of hydrogen-bond donors (Lipinski definition) is 0. The van der Waals surface area contributed by atoms with Crippen LogP contribution in [0.15, 0.2) is 49.1 Å². The molecule has 0 unspecified atom stereocenters. The Bertz CT molecular complexity index is 494. The van der Waals surface area contributed by atoms with Crippen molar-refractivity contribution in [3.63, 3.8) is 0 Å². The van der Waals surface area contributed by atoms with E-state index < -0.39 is 0 Å². The molecule has 3 heteroatoms. The van der Waals surface area contributed by atoms with Gasteiger partial charge in [0, 0.05) is 44.4 Å². The van der Waals surface area contributed by atoms with Gasteiger partial charge in [-0.05, 0) is 54.2 Å². The van der Waals surface area contributed by atoms with Crippen molar-refractivity contribution < 1.29 is 0 Å². The molecule has 1 aliphatic rings. The molecule has 2 aromatic heterocycles. The van der Waals surface area contributed by atoms with Crippen LogP contribution in [0.25, 0.3) is 0 Å². The summed E-state index contributed by atoms with van der Waals surface area (Å²) in [5, 5.41) is 0. The summed E-state index contributed by atoms with van der Waals surface area (Å²) in [4.78, 5) is 10.8. The molecule has 0 saturated heterocycles. The Morgan fingerprint density at radius 1 is 0.773 bits per heavy atom. The van der Waals surface area contributed by atoms with E-state index in [2.05, 4.69) is 39.1 Å². The van der Waals surface area contributed by atoms with E-state index in [1.54, 1.807) is 0 Å². The van der Waals surface area contributed by atoms with Gasteiger partial charge in [-0.2, -0.15) is 0 Å². The van der Waals surface area contributed by atoms with Gasteiger partial charge in [0.2, 0.25) is 0 Å². The first-order valence-electron chi connectivity index (χ1n) is 8.40. The smallest absolute Gasteiger partial charge is 0.0271 e. The molecule has 2 aromatic rings. The van der Waals surface area contributed by atoms with Crippen molar-refractivity contribution in [3.05, 3.63) is 60.2 Å². The van der Waals surface area contributed by atoms with Crippen LogP contribution in [0.1, 0.15) is 43.2 Å². The van der Waals surface area contributed by atoms with Crippen LogP contribution in [0.2, 0.25) is 0 Å². The minimum absolute atomic E-state index is 0.859. The Morgan fingerprint density at radius 3 is 1.77 bits per heavy atom. The zero-order valence-electron chi connectivity index (χ0n) is 13.2. The third kappa shape index (κ3) is 4.63. The van der Waals surface area contributed by atoms with Crippen molar-refractivity contribution in [2.75, 3.05) is 6.54 Å². The normalized spacial score (nSPS) is 16.0. The van der Waals surface area contributed by atoms with Crippen LogP contribution in [0.3, 0.4) is 0 Å². The maximum absolute atomic E-state index is 4.13. The Hall–Kier alpha value is -1.74. The molecule has 0 N–H and O–H groups in total. The van der Waals surface area contributed by atoms with Crippen LogP contribution in [0.5, 0.6) is 0 Å². The van der Waals surface area contributed by atoms with E-state index in [1.165, 1.54) is 49.8 Å². The van der Waals surface area contributed by atoms with E-state index in [0.717, 1.165) is 19.0 Å². The van der Waals surface area contributed by atoms with Gasteiger partial charge in [-0.3, -0.25) is 14.9 Å². The van der Waals surface area contributed by atoms with Crippen LogP contribution in [0.4, 0.5) is 0 Å². The second-order valence-corrected chi connectivity index (χ2v) is 6.38. The van der Waals surface area contributed by atoms with E-state index in [1.807, 2.05) is 24.8 Å². The lowest BCUT2D eigenvalue weighted by Gasteiger charge is -2.30. The van der Waals surface area contributed by atoms with Gasteiger partial charge in [0.05, 0.1) is 0 Å². The topological polar surface area (TPSA) is 29.0 Å². The predicted octanol–water partition coefficient (Wildman–Crippen LogP) is 4.06. The third-order valence-corrected chi connectivity index (χ3v) is 4.55. The molecular formula is C19H25N3. The van der Waals surface area contributed by atoms with Crippen LogP contribution < -0.4 is 0 Å². The lowest BCUT2D eigenvalue weighted by molar-refractivity contribution is 0.187. The Morgan fingerprint density at radius 2 is 1.27 bits per heavy atom. The first kappa shape index (κ1) is 15.2. The van der Waals surface area contributed by atoms with Gasteiger partial charge >= 0.3 is 0 Å². The van der Waals surface area contributed by atoms with Crippen LogP contribution >= 0.6 is 0 Å². The van der Waals surface area contributed by atoms with Crippen molar-refractivity contribution in [2.24, 2.45) is 5.92 Å². The molecule has 0 aromatic carbocycles. The zero-order valence-corrected chi connectivity index (χ0v) is 13.2. The van der Waals surface area contributed by atoms with E-state index in [4.69, 9.17) is 0 Å². The SMILES string of the molecule is c1cc(CN(Cc2ccncc2)CC2CCCCC2)ccn1. The van der Waals surface area contributed by atoms with Gasteiger partial charge in [0.15, 0.2) is 0 Å². The fourth-order valence-electron chi connectivity index (χ4n) is 3.41. The average Bonchev–Trinajstić information content (AvgIpc) is 2.57. The summed E-state index contributed by atoms with van der Waals surface area (Å²) in [6.07, 6.45) is 14.6. The third-order valence-electron chi connectivity index (χ3n) is 4.55. The summed E-state index contributed by atoms with van der Waals surface area (Å²) < 4.78 is 0. The standard InChI is InChI=1S/C19H25N3/c1-2-4-17(5-3-1)14-22(15-18-6-10-20-11-7-18)16-19-8-12-21-13-9-19/h6-13,17H,1-5,14-16H2. The second-order valence-electron chi connectivity index (χ2n) is 6.38. The number of aromatic nitrogens is 2. The lowest BCUT2D eigenvalue weighted by atomic mass is 9.89. The molecule has 1 aliphatic carbocycles. The van der Waals surface area contributed by atoms with Crippen LogP contribution in [0, 0.1) is 5.92 Å². The minimum atomic E-state index is 0.859. The lowest BCUT2D eigenvalue weighted by Crippen LogP contribution is -2.30. The molecule has 0 spiro atoms. The molecule has 1 saturated carbocycles. The van der Waals surface area contributed by atoms with Gasteiger partial charge in [-0.25, -0.2) is 0 Å². The van der Waals surface area contributed by atoms with Crippen molar-refractivity contribution in [2.45, 2.75) is 45.2 Å². The fourth-order valence-corrected chi connectivity index (χ4v) is 3.41. The molecule has 116 valence electrons. The molecule has 2 heterocycles. The van der Waals surface area contributed by atoms with E-state index in [0.29, 0.717) is 0 Å². The van der Waals surface area contributed by atoms with E-state index >= 15 is 0 Å². The summed E-state index contributed by atoms with van der Waals surface area (Å²) >= 11 is 0. The van der Waals surface area contributed by atoms with Crippen LogP contribution in [-0.4, -0.2) is 21.4 Å². The van der Waals surface area contributed by atoms with E-state index in [9.17, 15) is 0 Å². The molecule has 3 nitrogen and oxygen atoms in total. The summed E-state index contributed by atoms with van der Waals surface area (Å²) in [5.41, 5.74) is 2.69. The largest absolute Gasteiger partial charge is 0.295 e. The number of rotatable bonds is 6. The molecule has 0 atom stereocenters. The number of pyridine rings is 2. The number of hydrogen-bond acceptors (Lipinski definition) is 3. The van der Waals surface area contributed by atoms with Gasteiger partial charge < -0.3 is 0 Å². The highest BCUT2D eigenvalue weighted by Gasteiger charge is 2.17.